The number of morpholine rings is 1. The lowest BCUT2D eigenvalue weighted by molar-refractivity contribution is -0.00868. The molecule has 2 fully saturated rings. The second kappa shape index (κ2) is 6.23. The molecule has 2 unspecified atom stereocenters. The van der Waals surface area contributed by atoms with Gasteiger partial charge in [-0.05, 0) is 31.0 Å². The molecule has 1 aromatic carbocycles. The Hall–Kier alpha value is -1.27. The molecule has 21 heavy (non-hydrogen) atoms. The van der Waals surface area contributed by atoms with E-state index in [0.29, 0.717) is 12.1 Å². The van der Waals surface area contributed by atoms with Crippen LogP contribution in [0.3, 0.4) is 0 Å². The van der Waals surface area contributed by atoms with E-state index in [1.54, 1.807) is 0 Å². The summed E-state index contributed by atoms with van der Waals surface area (Å²) < 4.78 is 6.84. The summed E-state index contributed by atoms with van der Waals surface area (Å²) in [5.74, 6) is 0.144. The molecule has 1 heterocycles. The van der Waals surface area contributed by atoms with Gasteiger partial charge in [0.25, 0.3) is 0 Å². The third-order valence-electron chi connectivity index (χ3n) is 4.38. The molecule has 0 amide bonds. The topological polar surface area (TPSA) is 71.1 Å². The number of nitrogens with two attached hydrogens (primary N) is 1. The van der Waals surface area contributed by atoms with Crippen LogP contribution in [0.15, 0.2) is 27.8 Å². The van der Waals surface area contributed by atoms with Crippen molar-refractivity contribution >= 4 is 27.5 Å². The first-order chi connectivity index (χ1) is 10.2. The molecule has 1 aliphatic heterocycles. The van der Waals surface area contributed by atoms with Crippen LogP contribution in [0, 0.1) is 0 Å². The summed E-state index contributed by atoms with van der Waals surface area (Å²) in [7, 11) is 0. The SMILES string of the molecule is N/C(=N/O)c1cc(Br)ccc1N1CCOC2CCCCC21. The molecule has 3 N–H and O–H groups in total. The molecule has 6 heteroatoms. The summed E-state index contributed by atoms with van der Waals surface area (Å²) in [5.41, 5.74) is 7.64. The summed E-state index contributed by atoms with van der Waals surface area (Å²) in [4.78, 5) is 2.37. The minimum atomic E-state index is 0.144. The van der Waals surface area contributed by atoms with Gasteiger partial charge in [0, 0.05) is 22.3 Å². The van der Waals surface area contributed by atoms with Crippen LogP contribution >= 0.6 is 15.9 Å². The fraction of sp³-hybridized carbons (Fsp3) is 0.533. The van der Waals surface area contributed by atoms with Gasteiger partial charge < -0.3 is 20.6 Å². The van der Waals surface area contributed by atoms with Gasteiger partial charge >= 0.3 is 0 Å². The summed E-state index contributed by atoms with van der Waals surface area (Å²) in [5, 5.41) is 12.2. The standard InChI is InChI=1S/C15H20BrN3O2/c16-10-5-6-12(11(9-10)15(17)18-20)19-7-8-21-14-4-2-1-3-13(14)19/h5-6,9,13-14,20H,1-4,7-8H2,(H2,17,18). The molecule has 5 nitrogen and oxygen atoms in total. The van der Waals surface area contributed by atoms with Gasteiger partial charge in [0.05, 0.1) is 18.8 Å². The number of hydrogen-bond donors (Lipinski definition) is 2. The van der Waals surface area contributed by atoms with Crippen LogP contribution in [0.4, 0.5) is 5.69 Å². The Bertz CT molecular complexity index is 548. The molecule has 1 aromatic rings. The lowest BCUT2D eigenvalue weighted by Crippen LogP contribution is -2.53. The molecule has 3 rings (SSSR count). The molecule has 114 valence electrons. The molecule has 1 aliphatic carbocycles. The molecular weight excluding hydrogens is 334 g/mol. The van der Waals surface area contributed by atoms with Crippen LogP contribution in [0.1, 0.15) is 31.2 Å². The maximum absolute atomic E-state index is 9.04. The average Bonchev–Trinajstić information content (AvgIpc) is 2.53. The fourth-order valence-corrected chi connectivity index (χ4v) is 3.77. The normalized spacial score (nSPS) is 26.5. The van der Waals surface area contributed by atoms with Gasteiger partial charge in [-0.15, -0.1) is 0 Å². The summed E-state index contributed by atoms with van der Waals surface area (Å²) in [6, 6.07) is 6.32. The quantitative estimate of drug-likeness (QED) is 0.371. The van der Waals surface area contributed by atoms with Crippen LogP contribution in [0.25, 0.3) is 0 Å². The Balaban J connectivity index is 1.98. The van der Waals surface area contributed by atoms with E-state index in [9.17, 15) is 0 Å². The van der Waals surface area contributed by atoms with Crippen molar-refractivity contribution in [3.05, 3.63) is 28.2 Å². The third kappa shape index (κ3) is 2.87. The molecule has 0 radical (unpaired) electrons. The molecule has 0 spiro atoms. The maximum Gasteiger partial charge on any atom is 0.172 e. The van der Waals surface area contributed by atoms with E-state index in [2.05, 4.69) is 26.0 Å². The van der Waals surface area contributed by atoms with Crippen molar-refractivity contribution in [2.45, 2.75) is 37.8 Å². The molecule has 0 aromatic heterocycles. The van der Waals surface area contributed by atoms with E-state index in [1.165, 1.54) is 12.8 Å². The highest BCUT2D eigenvalue weighted by molar-refractivity contribution is 9.10. The fourth-order valence-electron chi connectivity index (χ4n) is 3.41. The highest BCUT2D eigenvalue weighted by Gasteiger charge is 2.35. The lowest BCUT2D eigenvalue weighted by atomic mass is 9.89. The summed E-state index contributed by atoms with van der Waals surface area (Å²) in [6.45, 7) is 1.57. The predicted octanol–water partition coefficient (Wildman–Crippen LogP) is 2.69. The smallest absolute Gasteiger partial charge is 0.172 e. The molecule has 1 saturated carbocycles. The summed E-state index contributed by atoms with van der Waals surface area (Å²) >= 11 is 3.45. The van der Waals surface area contributed by atoms with Crippen LogP contribution in [0.5, 0.6) is 0 Å². The van der Waals surface area contributed by atoms with E-state index in [0.717, 1.165) is 41.7 Å². The number of hydrogen-bond acceptors (Lipinski definition) is 4. The highest BCUT2D eigenvalue weighted by atomic mass is 79.9. The molecule has 2 atom stereocenters. The Kier molecular flexibility index (Phi) is 4.35. The number of rotatable bonds is 2. The zero-order valence-corrected chi connectivity index (χ0v) is 13.4. The van der Waals surface area contributed by atoms with Crippen molar-refractivity contribution in [2.75, 3.05) is 18.1 Å². The number of amidine groups is 1. The molecule has 0 bridgehead atoms. The van der Waals surface area contributed by atoms with Crippen LogP contribution < -0.4 is 10.6 Å². The Morgan fingerprint density at radius 1 is 1.38 bits per heavy atom. The zero-order chi connectivity index (χ0) is 14.8. The van der Waals surface area contributed by atoms with Gasteiger partial charge in [0.1, 0.15) is 0 Å². The minimum Gasteiger partial charge on any atom is -0.409 e. The largest absolute Gasteiger partial charge is 0.409 e. The molecule has 1 saturated heterocycles. The van der Waals surface area contributed by atoms with Crippen LogP contribution in [0.2, 0.25) is 0 Å². The van der Waals surface area contributed by atoms with Crippen molar-refractivity contribution in [1.29, 1.82) is 0 Å². The van der Waals surface area contributed by atoms with Gasteiger partial charge in [-0.3, -0.25) is 0 Å². The second-order valence-electron chi connectivity index (χ2n) is 5.60. The van der Waals surface area contributed by atoms with Crippen LogP contribution in [-0.4, -0.2) is 36.3 Å². The Labute approximate surface area is 132 Å². The number of fused-ring (bicyclic) bond motifs is 1. The lowest BCUT2D eigenvalue weighted by Gasteiger charge is -2.45. The van der Waals surface area contributed by atoms with Crippen molar-refractivity contribution in [3.63, 3.8) is 0 Å². The molecular formula is C15H20BrN3O2. The first-order valence-electron chi connectivity index (χ1n) is 7.36. The first-order valence-corrected chi connectivity index (χ1v) is 8.15. The number of anilines is 1. The number of ether oxygens (including phenoxy) is 1. The van der Waals surface area contributed by atoms with Gasteiger partial charge in [-0.1, -0.05) is 33.9 Å². The highest BCUT2D eigenvalue weighted by Crippen LogP contribution is 2.34. The monoisotopic (exact) mass is 353 g/mol. The van der Waals surface area contributed by atoms with Gasteiger partial charge in [-0.25, -0.2) is 0 Å². The predicted molar refractivity (Wildman–Crippen MR) is 86.0 cm³/mol. The number of nitrogens with zero attached hydrogens (tertiary/aromatic N) is 2. The zero-order valence-electron chi connectivity index (χ0n) is 11.8. The number of oxime groups is 1. The third-order valence-corrected chi connectivity index (χ3v) is 4.88. The minimum absolute atomic E-state index is 0.144. The first kappa shape index (κ1) is 14.7. The summed E-state index contributed by atoms with van der Waals surface area (Å²) in [6.07, 6.45) is 5.03. The van der Waals surface area contributed by atoms with E-state index in [4.69, 9.17) is 15.7 Å². The van der Waals surface area contributed by atoms with Gasteiger partial charge in [0.2, 0.25) is 0 Å². The Morgan fingerprint density at radius 2 is 2.19 bits per heavy atom. The van der Waals surface area contributed by atoms with E-state index in [-0.39, 0.29) is 5.84 Å². The van der Waals surface area contributed by atoms with Crippen molar-refractivity contribution in [1.82, 2.24) is 0 Å². The average molecular weight is 354 g/mol. The van der Waals surface area contributed by atoms with E-state index < -0.39 is 0 Å². The number of benzene rings is 1. The Morgan fingerprint density at radius 3 is 3.00 bits per heavy atom. The van der Waals surface area contributed by atoms with E-state index in [1.807, 2.05) is 18.2 Å². The molecule has 2 aliphatic rings. The van der Waals surface area contributed by atoms with Crippen LogP contribution in [-0.2, 0) is 4.74 Å². The maximum atomic E-state index is 9.04. The number of halogens is 1. The van der Waals surface area contributed by atoms with Crippen molar-refractivity contribution in [3.8, 4) is 0 Å². The van der Waals surface area contributed by atoms with Crippen molar-refractivity contribution < 1.29 is 9.94 Å². The van der Waals surface area contributed by atoms with E-state index >= 15 is 0 Å². The second-order valence-corrected chi connectivity index (χ2v) is 6.52. The van der Waals surface area contributed by atoms with Gasteiger partial charge in [0.15, 0.2) is 5.84 Å². The van der Waals surface area contributed by atoms with Gasteiger partial charge in [-0.2, -0.15) is 0 Å². The van der Waals surface area contributed by atoms with Crippen molar-refractivity contribution in [2.24, 2.45) is 10.9 Å².